The lowest BCUT2D eigenvalue weighted by Gasteiger charge is -2.05. The number of aliphatic hydroxyl groups excluding tert-OH is 1. The zero-order valence-electron chi connectivity index (χ0n) is 14.8. The summed E-state index contributed by atoms with van der Waals surface area (Å²) in [6.07, 6.45) is 0.639. The Kier molecular flexibility index (Phi) is 6.51. The molecule has 0 unspecified atom stereocenters. The maximum absolute atomic E-state index is 12.0. The number of fused-ring (bicyclic) bond motifs is 1. The molecule has 0 atom stereocenters. The Morgan fingerprint density at radius 2 is 1.81 bits per heavy atom. The van der Waals surface area contributed by atoms with Gasteiger partial charge in [0.25, 0.3) is 0 Å². The highest BCUT2D eigenvalue weighted by molar-refractivity contribution is 7.18. The van der Waals surface area contributed by atoms with Gasteiger partial charge in [-0.25, -0.2) is 4.98 Å². The number of carbonyl (C=O) groups excluding carboxylic acids is 2. The largest absolute Gasteiger partial charge is 0.396 e. The zero-order valence-corrected chi connectivity index (χ0v) is 15.6. The number of nitrogens with one attached hydrogen (secondary N) is 2. The number of hydrogen-bond acceptors (Lipinski definition) is 5. The SMILES string of the molecule is O=C(CNC(=O)Cc1nc2ccc(-c3ccccc3)cc2s1)NCCCO. The molecule has 7 heteroatoms. The molecule has 0 spiro atoms. The van der Waals surface area contributed by atoms with Crippen LogP contribution in [0.25, 0.3) is 21.3 Å². The van der Waals surface area contributed by atoms with Gasteiger partial charge in [-0.3, -0.25) is 9.59 Å². The van der Waals surface area contributed by atoms with E-state index in [2.05, 4.69) is 33.8 Å². The van der Waals surface area contributed by atoms with Crippen LogP contribution in [0.1, 0.15) is 11.4 Å². The first-order chi connectivity index (χ1) is 13.2. The molecule has 0 saturated carbocycles. The number of nitrogens with zero attached hydrogens (tertiary/aromatic N) is 1. The Hall–Kier alpha value is -2.77. The minimum atomic E-state index is -0.270. The highest BCUT2D eigenvalue weighted by atomic mass is 32.1. The third-order valence-corrected chi connectivity index (χ3v) is 4.97. The first-order valence-electron chi connectivity index (χ1n) is 8.75. The second kappa shape index (κ2) is 9.25. The van der Waals surface area contributed by atoms with Gasteiger partial charge in [-0.1, -0.05) is 36.4 Å². The van der Waals surface area contributed by atoms with Gasteiger partial charge < -0.3 is 15.7 Å². The van der Waals surface area contributed by atoms with Crippen LogP contribution >= 0.6 is 11.3 Å². The number of thiazole rings is 1. The molecule has 3 aromatic rings. The van der Waals surface area contributed by atoms with Crippen molar-refractivity contribution in [2.75, 3.05) is 19.7 Å². The molecule has 0 aliphatic carbocycles. The van der Waals surface area contributed by atoms with Gasteiger partial charge in [0.1, 0.15) is 5.01 Å². The van der Waals surface area contributed by atoms with Crippen LogP contribution in [0.15, 0.2) is 48.5 Å². The highest BCUT2D eigenvalue weighted by Crippen LogP contribution is 2.28. The summed E-state index contributed by atoms with van der Waals surface area (Å²) in [5.74, 6) is -0.511. The van der Waals surface area contributed by atoms with Crippen molar-refractivity contribution in [3.8, 4) is 11.1 Å². The summed E-state index contributed by atoms with van der Waals surface area (Å²) in [5.41, 5.74) is 3.12. The molecule has 3 N–H and O–H groups in total. The van der Waals surface area contributed by atoms with Crippen molar-refractivity contribution in [3.05, 3.63) is 53.5 Å². The topological polar surface area (TPSA) is 91.3 Å². The molecule has 2 aromatic carbocycles. The molecular weight excluding hydrogens is 362 g/mol. The number of rotatable bonds is 8. The van der Waals surface area contributed by atoms with Crippen molar-refractivity contribution in [2.45, 2.75) is 12.8 Å². The van der Waals surface area contributed by atoms with Crippen molar-refractivity contribution >= 4 is 33.4 Å². The van der Waals surface area contributed by atoms with Gasteiger partial charge in [0.05, 0.1) is 23.2 Å². The van der Waals surface area contributed by atoms with E-state index >= 15 is 0 Å². The van der Waals surface area contributed by atoms with Crippen LogP contribution in [-0.4, -0.2) is 41.6 Å². The number of benzene rings is 2. The minimum absolute atomic E-state index is 0.0240. The number of aliphatic hydroxyl groups is 1. The van der Waals surface area contributed by atoms with Gasteiger partial charge in [0, 0.05) is 13.2 Å². The van der Waals surface area contributed by atoms with Crippen molar-refractivity contribution in [2.24, 2.45) is 0 Å². The molecule has 140 valence electrons. The van der Waals surface area contributed by atoms with Crippen molar-refractivity contribution < 1.29 is 14.7 Å². The van der Waals surface area contributed by atoms with E-state index in [-0.39, 0.29) is 31.4 Å². The van der Waals surface area contributed by atoms with Gasteiger partial charge in [-0.15, -0.1) is 11.3 Å². The molecule has 3 rings (SSSR count). The zero-order chi connectivity index (χ0) is 19.1. The molecule has 2 amide bonds. The van der Waals surface area contributed by atoms with Crippen molar-refractivity contribution in [3.63, 3.8) is 0 Å². The molecule has 0 aliphatic rings. The van der Waals surface area contributed by atoms with E-state index in [4.69, 9.17) is 5.11 Å². The smallest absolute Gasteiger partial charge is 0.239 e. The number of hydrogen-bond donors (Lipinski definition) is 3. The van der Waals surface area contributed by atoms with Crippen molar-refractivity contribution in [1.82, 2.24) is 15.6 Å². The third kappa shape index (κ3) is 5.35. The molecule has 0 saturated heterocycles. The normalized spacial score (nSPS) is 10.7. The molecule has 0 bridgehead atoms. The molecule has 0 radical (unpaired) electrons. The Labute approximate surface area is 161 Å². The lowest BCUT2D eigenvalue weighted by Crippen LogP contribution is -2.38. The summed E-state index contributed by atoms with van der Waals surface area (Å²) in [5, 5.41) is 14.6. The molecule has 1 aromatic heterocycles. The fraction of sp³-hybridized carbons (Fsp3) is 0.250. The Morgan fingerprint density at radius 1 is 1.00 bits per heavy atom. The van der Waals surface area contributed by atoms with E-state index < -0.39 is 0 Å². The van der Waals surface area contributed by atoms with Crippen molar-refractivity contribution in [1.29, 1.82) is 0 Å². The number of amides is 2. The van der Waals surface area contributed by atoms with E-state index in [1.165, 1.54) is 11.3 Å². The summed E-state index contributed by atoms with van der Waals surface area (Å²) < 4.78 is 1.03. The standard InChI is InChI=1S/C20H21N3O3S/c24-10-4-9-21-19(26)13-22-18(25)12-20-23-16-8-7-15(11-17(16)27-20)14-5-2-1-3-6-14/h1-3,5-8,11,24H,4,9-10,12-13H2,(H,21,26)(H,22,25). The van der Waals surface area contributed by atoms with E-state index in [1.54, 1.807) is 0 Å². The number of aromatic nitrogens is 1. The van der Waals surface area contributed by atoms with Crippen LogP contribution in [0.4, 0.5) is 0 Å². The van der Waals surface area contributed by atoms with E-state index in [0.29, 0.717) is 18.0 Å². The fourth-order valence-corrected chi connectivity index (χ4v) is 3.61. The fourth-order valence-electron chi connectivity index (χ4n) is 2.61. The molecule has 0 fully saturated rings. The Balaban J connectivity index is 1.59. The summed E-state index contributed by atoms with van der Waals surface area (Å²) in [6.45, 7) is 0.344. The van der Waals surface area contributed by atoms with E-state index in [1.807, 2.05) is 30.3 Å². The van der Waals surface area contributed by atoms with Gasteiger partial charge in [-0.05, 0) is 29.7 Å². The predicted octanol–water partition coefficient (Wildman–Crippen LogP) is 2.12. The summed E-state index contributed by atoms with van der Waals surface area (Å²) in [6, 6.07) is 16.2. The van der Waals surface area contributed by atoms with Crippen LogP contribution < -0.4 is 10.6 Å². The summed E-state index contributed by atoms with van der Waals surface area (Å²) in [4.78, 5) is 28.1. The lowest BCUT2D eigenvalue weighted by molar-refractivity contribution is -0.125. The molecule has 0 aliphatic heterocycles. The van der Waals surface area contributed by atoms with Gasteiger partial charge in [-0.2, -0.15) is 0 Å². The van der Waals surface area contributed by atoms with Gasteiger partial charge in [0.2, 0.25) is 11.8 Å². The maximum atomic E-state index is 12.0. The molecule has 6 nitrogen and oxygen atoms in total. The van der Waals surface area contributed by atoms with Crippen LogP contribution in [0, 0.1) is 0 Å². The van der Waals surface area contributed by atoms with Gasteiger partial charge >= 0.3 is 0 Å². The van der Waals surface area contributed by atoms with Crippen LogP contribution in [0.5, 0.6) is 0 Å². The second-order valence-electron chi connectivity index (χ2n) is 6.04. The van der Waals surface area contributed by atoms with Gasteiger partial charge in [0.15, 0.2) is 0 Å². The first-order valence-corrected chi connectivity index (χ1v) is 9.56. The molecule has 1 heterocycles. The first kappa shape index (κ1) is 19.0. The quantitative estimate of drug-likeness (QED) is 0.520. The van der Waals surface area contributed by atoms with Crippen LogP contribution in [0.2, 0.25) is 0 Å². The van der Waals surface area contributed by atoms with E-state index in [9.17, 15) is 9.59 Å². The number of carbonyl (C=O) groups is 2. The predicted molar refractivity (Wildman–Crippen MR) is 106 cm³/mol. The summed E-state index contributed by atoms with van der Waals surface area (Å²) in [7, 11) is 0. The highest BCUT2D eigenvalue weighted by Gasteiger charge is 2.11. The summed E-state index contributed by atoms with van der Waals surface area (Å²) >= 11 is 1.49. The average molecular weight is 383 g/mol. The maximum Gasteiger partial charge on any atom is 0.239 e. The second-order valence-corrected chi connectivity index (χ2v) is 7.15. The van der Waals surface area contributed by atoms with Crippen LogP contribution in [-0.2, 0) is 16.0 Å². The Bertz CT molecular complexity index is 925. The average Bonchev–Trinajstić information content (AvgIpc) is 3.08. The van der Waals surface area contributed by atoms with Crippen LogP contribution in [0.3, 0.4) is 0 Å². The minimum Gasteiger partial charge on any atom is -0.396 e. The Morgan fingerprint density at radius 3 is 2.59 bits per heavy atom. The molecule has 27 heavy (non-hydrogen) atoms. The molecular formula is C20H21N3O3S. The third-order valence-electron chi connectivity index (χ3n) is 3.95. The monoisotopic (exact) mass is 383 g/mol. The lowest BCUT2D eigenvalue weighted by atomic mass is 10.1. The van der Waals surface area contributed by atoms with E-state index in [0.717, 1.165) is 21.3 Å².